The summed E-state index contributed by atoms with van der Waals surface area (Å²) in [6.07, 6.45) is -0.289. The minimum absolute atomic E-state index is 0.0186. The first-order valence-corrected chi connectivity index (χ1v) is 11.0. The third-order valence-corrected chi connectivity index (χ3v) is 5.62. The van der Waals surface area contributed by atoms with Gasteiger partial charge in [0.15, 0.2) is 0 Å². The van der Waals surface area contributed by atoms with Crippen molar-refractivity contribution in [3.8, 4) is 5.75 Å². The lowest BCUT2D eigenvalue weighted by Crippen LogP contribution is -2.41. The van der Waals surface area contributed by atoms with Crippen molar-refractivity contribution in [1.29, 1.82) is 0 Å². The van der Waals surface area contributed by atoms with E-state index in [1.54, 1.807) is 17.1 Å². The van der Waals surface area contributed by atoms with Gasteiger partial charge < -0.3 is 4.74 Å². The van der Waals surface area contributed by atoms with Crippen LogP contribution in [0.5, 0.6) is 5.75 Å². The lowest BCUT2D eigenvalue weighted by molar-refractivity contribution is -0.130. The van der Waals surface area contributed by atoms with Crippen LogP contribution in [0.15, 0.2) is 85.4 Å². The Morgan fingerprint density at radius 2 is 1.75 bits per heavy atom. The molecule has 32 heavy (non-hydrogen) atoms. The van der Waals surface area contributed by atoms with Gasteiger partial charge in [-0.1, -0.05) is 72.8 Å². The maximum absolute atomic E-state index is 13.1. The van der Waals surface area contributed by atoms with Crippen LogP contribution in [0.1, 0.15) is 29.8 Å². The number of hydrogen-bond acceptors (Lipinski definition) is 4. The van der Waals surface area contributed by atoms with Crippen LogP contribution in [0, 0.1) is 0 Å². The molecule has 0 aromatic heterocycles. The molecule has 0 bridgehead atoms. The predicted octanol–water partition coefficient (Wildman–Crippen LogP) is 5.26. The first kappa shape index (κ1) is 21.9. The molecule has 3 aromatic carbocycles. The van der Waals surface area contributed by atoms with Crippen LogP contribution in [-0.4, -0.2) is 29.0 Å². The molecule has 1 saturated heterocycles. The fourth-order valence-electron chi connectivity index (χ4n) is 3.84. The van der Waals surface area contributed by atoms with E-state index in [-0.39, 0.29) is 12.1 Å². The summed E-state index contributed by atoms with van der Waals surface area (Å²) in [6, 6.07) is 25.4. The summed E-state index contributed by atoms with van der Waals surface area (Å²) in [5.41, 5.74) is 6.88. The number of benzene rings is 3. The molecule has 0 aliphatic carbocycles. The fraction of sp³-hybridized carbons (Fsp3) is 0.192. The van der Waals surface area contributed by atoms with E-state index in [4.69, 9.17) is 16.3 Å². The number of carbonyl (C=O) groups is 1. The van der Waals surface area contributed by atoms with Crippen molar-refractivity contribution < 1.29 is 9.53 Å². The standard InChI is InChI=1S/C26H26ClN3O2/c1-3-32-24-15-11-22(12-16-24)26-29(17-20-7-5-4-6-8-20)18-25(31)30(26)28-19(2)21-9-13-23(27)14-10-21/h4-16,26,28H,2-3,17-18H2,1H3/t26-/m0/s1. The summed E-state index contributed by atoms with van der Waals surface area (Å²) in [5, 5.41) is 2.32. The minimum atomic E-state index is -0.289. The highest BCUT2D eigenvalue weighted by Crippen LogP contribution is 2.33. The molecule has 1 heterocycles. The zero-order valence-electron chi connectivity index (χ0n) is 18.0. The van der Waals surface area contributed by atoms with Crippen LogP contribution in [0.2, 0.25) is 5.02 Å². The van der Waals surface area contributed by atoms with Crippen molar-refractivity contribution in [3.05, 3.63) is 107 Å². The van der Waals surface area contributed by atoms with Gasteiger partial charge in [-0.3, -0.25) is 15.1 Å². The molecule has 1 atom stereocenters. The van der Waals surface area contributed by atoms with E-state index in [0.717, 1.165) is 22.4 Å². The van der Waals surface area contributed by atoms with Crippen molar-refractivity contribution in [2.75, 3.05) is 13.2 Å². The molecular weight excluding hydrogens is 422 g/mol. The Labute approximate surface area is 193 Å². The molecule has 3 aromatic rings. The van der Waals surface area contributed by atoms with Crippen molar-refractivity contribution in [2.45, 2.75) is 19.6 Å². The van der Waals surface area contributed by atoms with E-state index >= 15 is 0 Å². The highest BCUT2D eigenvalue weighted by molar-refractivity contribution is 6.30. The van der Waals surface area contributed by atoms with Gasteiger partial charge in [-0.05, 0) is 47.9 Å². The Morgan fingerprint density at radius 1 is 1.06 bits per heavy atom. The van der Waals surface area contributed by atoms with Gasteiger partial charge in [0, 0.05) is 11.6 Å². The molecule has 164 valence electrons. The number of rotatable bonds is 8. The Morgan fingerprint density at radius 3 is 2.41 bits per heavy atom. The Kier molecular flexibility index (Phi) is 6.78. The molecule has 0 spiro atoms. The molecule has 1 N–H and O–H groups in total. The van der Waals surface area contributed by atoms with Crippen LogP contribution in [0.4, 0.5) is 0 Å². The molecule has 1 aliphatic rings. The second-order valence-electron chi connectivity index (χ2n) is 7.63. The van der Waals surface area contributed by atoms with Gasteiger partial charge in [0.25, 0.3) is 5.91 Å². The molecule has 0 radical (unpaired) electrons. The highest BCUT2D eigenvalue weighted by Gasteiger charge is 2.39. The second kappa shape index (κ2) is 9.90. The minimum Gasteiger partial charge on any atom is -0.494 e. The maximum Gasteiger partial charge on any atom is 0.257 e. The number of amides is 1. The first-order chi connectivity index (χ1) is 15.5. The highest BCUT2D eigenvalue weighted by atomic mass is 35.5. The van der Waals surface area contributed by atoms with Crippen molar-refractivity contribution in [1.82, 2.24) is 15.3 Å². The monoisotopic (exact) mass is 447 g/mol. The van der Waals surface area contributed by atoms with Crippen molar-refractivity contribution >= 4 is 23.2 Å². The zero-order valence-corrected chi connectivity index (χ0v) is 18.8. The average molecular weight is 448 g/mol. The molecule has 1 fully saturated rings. The summed E-state index contributed by atoms with van der Waals surface area (Å²) in [7, 11) is 0. The van der Waals surface area contributed by atoms with E-state index in [1.807, 2.05) is 61.5 Å². The summed E-state index contributed by atoms with van der Waals surface area (Å²) in [4.78, 5) is 15.2. The van der Waals surface area contributed by atoms with Gasteiger partial charge in [0.2, 0.25) is 0 Å². The van der Waals surface area contributed by atoms with Crippen molar-refractivity contribution in [2.24, 2.45) is 0 Å². The Hall–Kier alpha value is -3.28. The summed E-state index contributed by atoms with van der Waals surface area (Å²) in [5.74, 6) is 0.787. The van der Waals surface area contributed by atoms with Crippen LogP contribution < -0.4 is 10.2 Å². The normalized spacial score (nSPS) is 16.2. The topological polar surface area (TPSA) is 44.8 Å². The third kappa shape index (κ3) is 4.96. The SMILES string of the molecule is C=C(NN1C(=O)CN(Cc2ccccc2)[C@@H]1c1ccc(OCC)cc1)c1ccc(Cl)cc1. The number of hydrazine groups is 1. The lowest BCUT2D eigenvalue weighted by atomic mass is 10.1. The predicted molar refractivity (Wildman–Crippen MR) is 128 cm³/mol. The number of carbonyl (C=O) groups excluding carboxylic acids is 1. The zero-order chi connectivity index (χ0) is 22.5. The molecule has 0 unspecified atom stereocenters. The summed E-state index contributed by atoms with van der Waals surface area (Å²) >= 11 is 6.01. The molecule has 1 aliphatic heterocycles. The smallest absolute Gasteiger partial charge is 0.257 e. The average Bonchev–Trinajstić information content (AvgIpc) is 3.10. The summed E-state index contributed by atoms with van der Waals surface area (Å²) < 4.78 is 5.59. The molecule has 4 rings (SSSR count). The number of ether oxygens (including phenoxy) is 1. The Bertz CT molecular complexity index is 1070. The van der Waals surface area contributed by atoms with Crippen LogP contribution in [0.25, 0.3) is 5.70 Å². The quantitative estimate of drug-likeness (QED) is 0.511. The molecule has 0 saturated carbocycles. The van der Waals surface area contributed by atoms with Gasteiger partial charge in [-0.2, -0.15) is 0 Å². The van der Waals surface area contributed by atoms with E-state index in [1.165, 1.54) is 0 Å². The van der Waals surface area contributed by atoms with E-state index in [9.17, 15) is 4.79 Å². The van der Waals surface area contributed by atoms with Gasteiger partial charge >= 0.3 is 0 Å². The van der Waals surface area contributed by atoms with E-state index < -0.39 is 0 Å². The number of hydrogen-bond donors (Lipinski definition) is 1. The molecule has 6 heteroatoms. The number of halogens is 1. The van der Waals surface area contributed by atoms with Crippen LogP contribution >= 0.6 is 11.6 Å². The number of nitrogens with zero attached hydrogens (tertiary/aromatic N) is 2. The van der Waals surface area contributed by atoms with Gasteiger partial charge in [0.05, 0.1) is 18.8 Å². The van der Waals surface area contributed by atoms with Crippen molar-refractivity contribution in [3.63, 3.8) is 0 Å². The molecular formula is C26H26ClN3O2. The van der Waals surface area contributed by atoms with Crippen LogP contribution in [-0.2, 0) is 11.3 Å². The maximum atomic E-state index is 13.1. The van der Waals surface area contributed by atoms with Crippen LogP contribution in [0.3, 0.4) is 0 Å². The van der Waals surface area contributed by atoms with E-state index in [2.05, 4.69) is 29.0 Å². The van der Waals surface area contributed by atoms with E-state index in [0.29, 0.717) is 30.4 Å². The van der Waals surface area contributed by atoms with Gasteiger partial charge in [-0.25, -0.2) is 5.01 Å². The largest absolute Gasteiger partial charge is 0.494 e. The fourth-order valence-corrected chi connectivity index (χ4v) is 3.97. The summed E-state index contributed by atoms with van der Waals surface area (Å²) in [6.45, 7) is 7.65. The number of nitrogens with one attached hydrogen (secondary N) is 1. The molecule has 5 nitrogen and oxygen atoms in total. The molecule has 1 amide bonds. The Balaban J connectivity index is 1.62. The third-order valence-electron chi connectivity index (χ3n) is 5.36. The lowest BCUT2D eigenvalue weighted by Gasteiger charge is -2.31. The van der Waals surface area contributed by atoms with Gasteiger partial charge in [-0.15, -0.1) is 0 Å². The first-order valence-electron chi connectivity index (χ1n) is 10.6. The van der Waals surface area contributed by atoms with Gasteiger partial charge in [0.1, 0.15) is 11.9 Å². The second-order valence-corrected chi connectivity index (χ2v) is 8.06.